The number of carbonyl (C=O) groups is 1. The number of methoxy groups -OCH3 is 1. The van der Waals surface area contributed by atoms with Gasteiger partial charge in [0.25, 0.3) is 11.5 Å². The number of hydrogen-bond acceptors (Lipinski definition) is 5. The number of fused-ring (bicyclic) bond motifs is 1. The largest absolute Gasteiger partial charge is 0.383 e. The van der Waals surface area contributed by atoms with Crippen molar-refractivity contribution in [2.24, 2.45) is 5.73 Å². The van der Waals surface area contributed by atoms with Gasteiger partial charge in [-0.15, -0.1) is 11.3 Å². The fourth-order valence-electron chi connectivity index (χ4n) is 1.87. The number of nitrogens with one attached hydrogen (secondary N) is 1. The number of aromatic nitrogens is 2. The predicted octanol–water partition coefficient (Wildman–Crippen LogP) is -0.195. The number of carbonyl (C=O) groups excluding carboxylic acids is 1. The molecule has 2 aromatic rings. The number of H-pyrrole nitrogens is 1. The Kier molecular flexibility index (Phi) is 3.54. The minimum absolute atomic E-state index is 0.155. The summed E-state index contributed by atoms with van der Waals surface area (Å²) < 4.78 is 5.91. The number of amides is 1. The predicted molar refractivity (Wildman–Crippen MR) is 71.8 cm³/mol. The Balaban J connectivity index is 2.76. The summed E-state index contributed by atoms with van der Waals surface area (Å²) in [6.45, 7) is 2.04. The molecule has 7 nitrogen and oxygen atoms in total. The number of nitrogens with zero attached hydrogens (tertiary/aromatic N) is 1. The summed E-state index contributed by atoms with van der Waals surface area (Å²) in [5.74, 6) is -0.609. The number of thiophene rings is 1. The smallest absolute Gasteiger partial charge is 0.329 e. The van der Waals surface area contributed by atoms with E-state index < -0.39 is 17.2 Å². The van der Waals surface area contributed by atoms with Crippen LogP contribution in [-0.4, -0.2) is 29.2 Å². The molecule has 19 heavy (non-hydrogen) atoms. The topological polar surface area (TPSA) is 107 Å². The van der Waals surface area contributed by atoms with E-state index in [-0.39, 0.29) is 18.0 Å². The normalized spacial score (nSPS) is 11.1. The highest BCUT2D eigenvalue weighted by atomic mass is 32.1. The Hall–Kier alpha value is -1.93. The van der Waals surface area contributed by atoms with Gasteiger partial charge in [0.2, 0.25) is 0 Å². The highest BCUT2D eigenvalue weighted by molar-refractivity contribution is 7.20. The van der Waals surface area contributed by atoms with Crippen LogP contribution >= 0.6 is 11.3 Å². The van der Waals surface area contributed by atoms with Gasteiger partial charge in [0.1, 0.15) is 4.83 Å². The maximum Gasteiger partial charge on any atom is 0.329 e. The van der Waals surface area contributed by atoms with E-state index >= 15 is 0 Å². The van der Waals surface area contributed by atoms with Crippen LogP contribution in [0.3, 0.4) is 0 Å². The molecule has 0 saturated carbocycles. The molecule has 0 atom stereocenters. The third-order valence-corrected chi connectivity index (χ3v) is 4.04. The lowest BCUT2D eigenvalue weighted by Gasteiger charge is -2.03. The van der Waals surface area contributed by atoms with E-state index in [9.17, 15) is 14.4 Å². The van der Waals surface area contributed by atoms with Crippen molar-refractivity contribution in [3.05, 3.63) is 31.3 Å². The van der Waals surface area contributed by atoms with Crippen molar-refractivity contribution in [2.45, 2.75) is 13.5 Å². The molecule has 0 unspecified atom stereocenters. The van der Waals surface area contributed by atoms with Crippen molar-refractivity contribution in [3.63, 3.8) is 0 Å². The van der Waals surface area contributed by atoms with Crippen molar-refractivity contribution in [2.75, 3.05) is 13.7 Å². The highest BCUT2D eigenvalue weighted by Gasteiger charge is 2.18. The first kappa shape index (κ1) is 13.5. The first-order chi connectivity index (χ1) is 8.97. The van der Waals surface area contributed by atoms with Crippen LogP contribution in [0.15, 0.2) is 9.59 Å². The van der Waals surface area contributed by atoms with Gasteiger partial charge in [-0.2, -0.15) is 0 Å². The fraction of sp³-hybridized carbons (Fsp3) is 0.364. The van der Waals surface area contributed by atoms with E-state index in [0.29, 0.717) is 15.8 Å². The van der Waals surface area contributed by atoms with E-state index in [1.165, 1.54) is 7.11 Å². The second-order valence-corrected chi connectivity index (χ2v) is 5.02. The van der Waals surface area contributed by atoms with Gasteiger partial charge in [0.05, 0.1) is 23.4 Å². The average Bonchev–Trinajstić information content (AvgIpc) is 2.66. The van der Waals surface area contributed by atoms with Crippen molar-refractivity contribution < 1.29 is 9.53 Å². The molecule has 2 heterocycles. The molecule has 0 aliphatic heterocycles. The molecule has 2 rings (SSSR count). The van der Waals surface area contributed by atoms with Crippen molar-refractivity contribution in [1.29, 1.82) is 0 Å². The van der Waals surface area contributed by atoms with Crippen LogP contribution < -0.4 is 17.0 Å². The number of nitrogens with two attached hydrogens (primary N) is 1. The lowest BCUT2D eigenvalue weighted by atomic mass is 10.2. The average molecular weight is 283 g/mol. The van der Waals surface area contributed by atoms with Gasteiger partial charge >= 0.3 is 5.69 Å². The second kappa shape index (κ2) is 4.98. The van der Waals surface area contributed by atoms with E-state index in [1.54, 1.807) is 6.92 Å². The van der Waals surface area contributed by atoms with Crippen LogP contribution in [0.4, 0.5) is 0 Å². The quantitative estimate of drug-likeness (QED) is 0.810. The first-order valence-corrected chi connectivity index (χ1v) is 6.34. The van der Waals surface area contributed by atoms with Gasteiger partial charge in [-0.25, -0.2) is 4.79 Å². The Morgan fingerprint density at radius 2 is 2.16 bits per heavy atom. The zero-order valence-electron chi connectivity index (χ0n) is 10.5. The molecular weight excluding hydrogens is 270 g/mol. The molecule has 2 aromatic heterocycles. The minimum Gasteiger partial charge on any atom is -0.383 e. The molecule has 0 spiro atoms. The zero-order valence-corrected chi connectivity index (χ0v) is 11.3. The Morgan fingerprint density at radius 3 is 2.74 bits per heavy atom. The second-order valence-electron chi connectivity index (χ2n) is 4.00. The van der Waals surface area contributed by atoms with Gasteiger partial charge < -0.3 is 10.5 Å². The third kappa shape index (κ3) is 2.20. The van der Waals surface area contributed by atoms with Gasteiger partial charge in [-0.3, -0.25) is 19.1 Å². The SMILES string of the molecule is COCCn1c(=O)[nH]c2sc(C(N)=O)c(C)c2c1=O. The van der Waals surface area contributed by atoms with Crippen molar-refractivity contribution in [3.8, 4) is 0 Å². The molecule has 1 amide bonds. The fourth-order valence-corrected chi connectivity index (χ4v) is 2.91. The number of rotatable bonds is 4. The lowest BCUT2D eigenvalue weighted by Crippen LogP contribution is -2.36. The van der Waals surface area contributed by atoms with Crippen molar-refractivity contribution >= 4 is 27.5 Å². The van der Waals surface area contributed by atoms with Crippen LogP contribution in [0.2, 0.25) is 0 Å². The van der Waals surface area contributed by atoms with Crippen LogP contribution in [0, 0.1) is 6.92 Å². The number of primary amides is 1. The van der Waals surface area contributed by atoms with E-state index in [2.05, 4.69) is 4.98 Å². The maximum atomic E-state index is 12.3. The number of aromatic amines is 1. The highest BCUT2D eigenvalue weighted by Crippen LogP contribution is 2.25. The zero-order chi connectivity index (χ0) is 14.2. The van der Waals surface area contributed by atoms with E-state index in [4.69, 9.17) is 10.5 Å². The van der Waals surface area contributed by atoms with Crippen LogP contribution in [0.25, 0.3) is 10.2 Å². The summed E-state index contributed by atoms with van der Waals surface area (Å²) in [6.07, 6.45) is 0. The standard InChI is InChI=1S/C11H13N3O4S/c1-5-6-9(19-7(5)8(12)15)13-11(17)14(10(6)16)3-4-18-2/h3-4H2,1-2H3,(H2,12,15)(H,13,17). The van der Waals surface area contributed by atoms with E-state index in [0.717, 1.165) is 15.9 Å². The number of aryl methyl sites for hydroxylation is 1. The van der Waals surface area contributed by atoms with Crippen LogP contribution in [0.1, 0.15) is 15.2 Å². The van der Waals surface area contributed by atoms with Gasteiger partial charge in [0.15, 0.2) is 0 Å². The maximum absolute atomic E-state index is 12.3. The number of hydrogen-bond donors (Lipinski definition) is 2. The summed E-state index contributed by atoms with van der Waals surface area (Å²) in [4.78, 5) is 38.5. The Labute approximate surface area is 111 Å². The summed E-state index contributed by atoms with van der Waals surface area (Å²) >= 11 is 1.02. The summed E-state index contributed by atoms with van der Waals surface area (Å²) in [6, 6.07) is 0. The minimum atomic E-state index is -0.609. The molecule has 8 heteroatoms. The molecule has 102 valence electrons. The molecule has 3 N–H and O–H groups in total. The molecule has 0 aromatic carbocycles. The summed E-state index contributed by atoms with van der Waals surface area (Å²) in [5, 5.41) is 0.328. The molecule has 0 aliphatic rings. The number of ether oxygens (including phenoxy) is 1. The molecule has 0 saturated heterocycles. The van der Waals surface area contributed by atoms with Crippen molar-refractivity contribution in [1.82, 2.24) is 9.55 Å². The summed E-state index contributed by atoms with van der Waals surface area (Å²) in [5.41, 5.74) is 4.78. The molecule has 0 radical (unpaired) electrons. The first-order valence-electron chi connectivity index (χ1n) is 5.52. The lowest BCUT2D eigenvalue weighted by molar-refractivity contribution is 0.100. The van der Waals surface area contributed by atoms with Gasteiger partial charge in [-0.05, 0) is 12.5 Å². The molecule has 0 aliphatic carbocycles. The Bertz CT molecular complexity index is 756. The monoisotopic (exact) mass is 283 g/mol. The third-order valence-electron chi connectivity index (χ3n) is 2.81. The van der Waals surface area contributed by atoms with Crippen LogP contribution in [-0.2, 0) is 11.3 Å². The Morgan fingerprint density at radius 1 is 1.47 bits per heavy atom. The molecule has 0 bridgehead atoms. The molecular formula is C11H13N3O4S. The van der Waals surface area contributed by atoms with E-state index in [1.807, 2.05) is 0 Å². The molecule has 0 fully saturated rings. The summed E-state index contributed by atoms with van der Waals surface area (Å²) in [7, 11) is 1.48. The van der Waals surface area contributed by atoms with Crippen LogP contribution in [0.5, 0.6) is 0 Å². The van der Waals surface area contributed by atoms with Gasteiger partial charge in [0, 0.05) is 7.11 Å². The van der Waals surface area contributed by atoms with Gasteiger partial charge in [-0.1, -0.05) is 0 Å².